The maximum atomic E-state index is 12.7. The quantitative estimate of drug-likeness (QED) is 0.689. The van der Waals surface area contributed by atoms with Crippen molar-refractivity contribution in [3.05, 3.63) is 40.4 Å². The number of hydrogen-bond donors (Lipinski definition) is 3. The molecule has 8 nitrogen and oxygen atoms in total. The summed E-state index contributed by atoms with van der Waals surface area (Å²) in [6.45, 7) is 2.33. The Morgan fingerprint density at radius 3 is 3.05 bits per heavy atom. The Balaban J connectivity index is 2.12. The molecule has 0 unspecified atom stereocenters. The molecule has 0 aromatic carbocycles. The normalized spacial score (nSPS) is 17.0. The Hall–Kier alpha value is -2.90. The minimum Gasteiger partial charge on any atom is -0.369 e. The number of carbonyl (C=O) groups is 1. The first-order chi connectivity index (χ1) is 10.1. The number of H-pyrrole nitrogens is 1. The summed E-state index contributed by atoms with van der Waals surface area (Å²) in [5.74, 6) is 0.0246. The van der Waals surface area contributed by atoms with Crippen LogP contribution in [0.5, 0.6) is 0 Å². The average Bonchev–Trinajstić information content (AvgIpc) is 2.48. The van der Waals surface area contributed by atoms with Gasteiger partial charge in [-0.1, -0.05) is 0 Å². The van der Waals surface area contributed by atoms with Gasteiger partial charge in [0.1, 0.15) is 0 Å². The molecule has 0 fully saturated rings. The van der Waals surface area contributed by atoms with Gasteiger partial charge < -0.3 is 11.1 Å². The highest BCUT2D eigenvalue weighted by Gasteiger charge is 2.32. The number of hydrogen-bond acceptors (Lipinski definition) is 6. The van der Waals surface area contributed by atoms with Crippen LogP contribution in [0.1, 0.15) is 17.3 Å². The van der Waals surface area contributed by atoms with Gasteiger partial charge in [0.25, 0.3) is 11.5 Å². The molecule has 1 atom stereocenters. The fourth-order valence-electron chi connectivity index (χ4n) is 2.32. The summed E-state index contributed by atoms with van der Waals surface area (Å²) in [4.78, 5) is 36.6. The van der Waals surface area contributed by atoms with Crippen molar-refractivity contribution in [1.82, 2.24) is 15.0 Å². The highest BCUT2D eigenvalue weighted by Crippen LogP contribution is 2.27. The number of amides is 1. The van der Waals surface area contributed by atoms with E-state index < -0.39 is 5.56 Å². The van der Waals surface area contributed by atoms with Gasteiger partial charge in [0.15, 0.2) is 11.5 Å². The molecule has 0 radical (unpaired) electrons. The number of aromatic nitrogens is 3. The van der Waals surface area contributed by atoms with Crippen molar-refractivity contribution in [3.8, 4) is 0 Å². The number of nitrogens with two attached hydrogens (primary N) is 1. The lowest BCUT2D eigenvalue weighted by Gasteiger charge is -2.34. The van der Waals surface area contributed by atoms with Crippen LogP contribution in [0, 0.1) is 0 Å². The van der Waals surface area contributed by atoms with Crippen molar-refractivity contribution >= 4 is 23.4 Å². The number of anilines is 3. The van der Waals surface area contributed by atoms with Crippen LogP contribution in [0.25, 0.3) is 0 Å². The van der Waals surface area contributed by atoms with Gasteiger partial charge >= 0.3 is 0 Å². The molecule has 2 aromatic rings. The van der Waals surface area contributed by atoms with Crippen LogP contribution >= 0.6 is 0 Å². The lowest BCUT2D eigenvalue weighted by Crippen LogP contribution is -2.49. The number of nitrogens with zero attached hydrogens (tertiary/aromatic N) is 3. The number of carbonyl (C=O) groups excluding carboxylic acids is 1. The zero-order valence-electron chi connectivity index (χ0n) is 11.3. The summed E-state index contributed by atoms with van der Waals surface area (Å²) in [5.41, 5.74) is 5.67. The summed E-state index contributed by atoms with van der Waals surface area (Å²) in [6, 6.07) is 3.13. The average molecular weight is 286 g/mol. The minimum atomic E-state index is -0.450. The van der Waals surface area contributed by atoms with Crippen LogP contribution in [0.2, 0.25) is 0 Å². The van der Waals surface area contributed by atoms with E-state index in [1.54, 1.807) is 18.3 Å². The molecule has 0 saturated heterocycles. The molecule has 1 amide bonds. The molecule has 0 bridgehead atoms. The summed E-state index contributed by atoms with van der Waals surface area (Å²) < 4.78 is 0. The number of nitrogen functional groups attached to an aromatic ring is 1. The first kappa shape index (κ1) is 13.1. The molecule has 21 heavy (non-hydrogen) atoms. The van der Waals surface area contributed by atoms with E-state index in [-0.39, 0.29) is 23.6 Å². The summed E-state index contributed by atoms with van der Waals surface area (Å²) in [5, 5.41) is 3.01. The smallest absolute Gasteiger partial charge is 0.278 e. The van der Waals surface area contributed by atoms with E-state index in [1.807, 2.05) is 6.92 Å². The Bertz CT molecular complexity index is 742. The van der Waals surface area contributed by atoms with E-state index in [0.717, 1.165) is 0 Å². The van der Waals surface area contributed by atoms with Crippen LogP contribution in [0.4, 0.5) is 17.5 Å². The van der Waals surface area contributed by atoms with Crippen LogP contribution in [0.15, 0.2) is 29.3 Å². The molecule has 3 rings (SSSR count). The standard InChI is InChI=1S/C13H14N6O2/c1-7-5-16-10-9(11(20)18-13(14)17-10)19(7)12(21)8-3-2-4-15-6-8/h2-4,6-7H,5H2,1H3,(H4,14,16,17,18,20)/t7-/m1/s1. The minimum absolute atomic E-state index is 0.00887. The fraction of sp³-hybridized carbons (Fsp3) is 0.231. The lowest BCUT2D eigenvalue weighted by atomic mass is 10.1. The second kappa shape index (κ2) is 4.89. The predicted octanol–water partition coefficient (Wildman–Crippen LogP) is 0.208. The number of pyridine rings is 1. The molecule has 108 valence electrons. The molecular weight excluding hydrogens is 272 g/mol. The first-order valence-electron chi connectivity index (χ1n) is 6.45. The molecule has 2 aromatic heterocycles. The zero-order chi connectivity index (χ0) is 15.0. The molecule has 0 aliphatic carbocycles. The third-order valence-corrected chi connectivity index (χ3v) is 3.29. The van der Waals surface area contributed by atoms with Gasteiger partial charge in [-0.25, -0.2) is 0 Å². The van der Waals surface area contributed by atoms with Crippen molar-refractivity contribution in [1.29, 1.82) is 0 Å². The van der Waals surface area contributed by atoms with Gasteiger partial charge in [-0.15, -0.1) is 0 Å². The maximum absolute atomic E-state index is 12.7. The third kappa shape index (κ3) is 2.20. The first-order valence-corrected chi connectivity index (χ1v) is 6.45. The highest BCUT2D eigenvalue weighted by atomic mass is 16.2. The number of nitrogens with one attached hydrogen (secondary N) is 2. The molecule has 4 N–H and O–H groups in total. The van der Waals surface area contributed by atoms with E-state index in [1.165, 1.54) is 11.1 Å². The molecule has 1 aliphatic rings. The second-order valence-corrected chi connectivity index (χ2v) is 4.80. The van der Waals surface area contributed by atoms with Crippen LogP contribution in [-0.4, -0.2) is 33.4 Å². The molecule has 0 saturated carbocycles. The van der Waals surface area contributed by atoms with Crippen molar-refractivity contribution in [2.45, 2.75) is 13.0 Å². The van der Waals surface area contributed by atoms with Crippen LogP contribution in [-0.2, 0) is 0 Å². The topological polar surface area (TPSA) is 117 Å². The molecule has 0 spiro atoms. The zero-order valence-corrected chi connectivity index (χ0v) is 11.3. The van der Waals surface area contributed by atoms with Crippen LogP contribution in [0.3, 0.4) is 0 Å². The number of rotatable bonds is 1. The van der Waals surface area contributed by atoms with Crippen molar-refractivity contribution < 1.29 is 4.79 Å². The summed E-state index contributed by atoms with van der Waals surface area (Å²) in [7, 11) is 0. The molecule has 1 aliphatic heterocycles. The van der Waals surface area contributed by atoms with E-state index in [0.29, 0.717) is 17.9 Å². The Morgan fingerprint density at radius 2 is 2.33 bits per heavy atom. The molecule has 3 heterocycles. The number of aromatic amines is 1. The SMILES string of the molecule is C[C@@H]1CNc2nc(N)[nH]c(=O)c2N1C(=O)c1cccnc1. The summed E-state index contributed by atoms with van der Waals surface area (Å²) in [6.07, 6.45) is 3.05. The van der Waals surface area contributed by atoms with E-state index in [9.17, 15) is 9.59 Å². The van der Waals surface area contributed by atoms with E-state index in [2.05, 4.69) is 20.3 Å². The Morgan fingerprint density at radius 1 is 1.52 bits per heavy atom. The second-order valence-electron chi connectivity index (χ2n) is 4.80. The maximum Gasteiger partial charge on any atom is 0.278 e. The Labute approximate surface area is 120 Å². The Kier molecular flexibility index (Phi) is 3.05. The van der Waals surface area contributed by atoms with Crippen LogP contribution < -0.4 is 21.5 Å². The molecular formula is C13H14N6O2. The van der Waals surface area contributed by atoms with Crippen molar-refractivity contribution in [2.24, 2.45) is 0 Å². The lowest BCUT2D eigenvalue weighted by molar-refractivity contribution is 0.0978. The monoisotopic (exact) mass is 286 g/mol. The number of fused-ring (bicyclic) bond motifs is 1. The van der Waals surface area contributed by atoms with Gasteiger partial charge in [0.05, 0.1) is 11.6 Å². The van der Waals surface area contributed by atoms with E-state index in [4.69, 9.17) is 5.73 Å². The van der Waals surface area contributed by atoms with Gasteiger partial charge in [-0.2, -0.15) is 4.98 Å². The summed E-state index contributed by atoms with van der Waals surface area (Å²) >= 11 is 0. The third-order valence-electron chi connectivity index (χ3n) is 3.29. The molecule has 8 heteroatoms. The van der Waals surface area contributed by atoms with Gasteiger partial charge in [0.2, 0.25) is 5.95 Å². The fourth-order valence-corrected chi connectivity index (χ4v) is 2.32. The van der Waals surface area contributed by atoms with Crippen molar-refractivity contribution in [3.63, 3.8) is 0 Å². The van der Waals surface area contributed by atoms with Gasteiger partial charge in [-0.05, 0) is 19.1 Å². The van der Waals surface area contributed by atoms with Gasteiger partial charge in [0, 0.05) is 18.9 Å². The highest BCUT2D eigenvalue weighted by molar-refractivity contribution is 6.08. The van der Waals surface area contributed by atoms with Crippen molar-refractivity contribution in [2.75, 3.05) is 22.5 Å². The predicted molar refractivity (Wildman–Crippen MR) is 78.3 cm³/mol. The largest absolute Gasteiger partial charge is 0.369 e. The van der Waals surface area contributed by atoms with Gasteiger partial charge in [-0.3, -0.25) is 24.5 Å². The van der Waals surface area contributed by atoms with E-state index >= 15 is 0 Å².